The van der Waals surface area contributed by atoms with E-state index in [1.807, 2.05) is 36.4 Å². The Morgan fingerprint density at radius 3 is 2.06 bits per heavy atom. The van der Waals surface area contributed by atoms with Crippen molar-refractivity contribution >= 4 is 11.4 Å². The number of rotatable bonds is 3. The summed E-state index contributed by atoms with van der Waals surface area (Å²) < 4.78 is 0. The predicted molar refractivity (Wildman–Crippen MR) is 67.0 cm³/mol. The maximum atomic E-state index is 11.7. The molecule has 0 saturated heterocycles. The van der Waals surface area contributed by atoms with Crippen molar-refractivity contribution in [1.29, 1.82) is 0 Å². The zero-order valence-electron chi connectivity index (χ0n) is 9.52. The summed E-state index contributed by atoms with van der Waals surface area (Å²) in [5, 5.41) is 17.2. The zero-order chi connectivity index (χ0) is 12.1. The summed E-state index contributed by atoms with van der Waals surface area (Å²) in [5.41, 5.74) is 1.37. The smallest absolute Gasteiger partial charge is 0.154 e. The van der Waals surface area contributed by atoms with Gasteiger partial charge in [0.1, 0.15) is 12.7 Å². The third-order valence-corrected chi connectivity index (χ3v) is 2.32. The molecular weight excluding hydrogens is 214 g/mol. The zero-order valence-corrected chi connectivity index (χ0v) is 9.52. The Bertz CT molecular complexity index is 497. The molecule has 0 heterocycles. The molecular formula is C13H13N3O. The fraction of sp³-hybridized carbons (Fsp3) is 0.0769. The van der Waals surface area contributed by atoms with E-state index in [9.17, 15) is 5.21 Å². The Hall–Kier alpha value is -2.36. The summed E-state index contributed by atoms with van der Waals surface area (Å²) >= 11 is 0. The number of benzene rings is 2. The fourth-order valence-corrected chi connectivity index (χ4v) is 1.42. The molecule has 0 radical (unpaired) electrons. The minimum atomic E-state index is 0.510. The molecule has 0 aromatic heterocycles. The lowest BCUT2D eigenvalue weighted by Crippen LogP contribution is -2.11. The highest BCUT2D eigenvalue weighted by atomic mass is 16.5. The molecule has 0 fully saturated rings. The van der Waals surface area contributed by atoms with E-state index in [2.05, 4.69) is 5.22 Å². The molecule has 0 saturated carbocycles. The molecule has 2 aromatic carbocycles. The van der Waals surface area contributed by atoms with E-state index in [1.54, 1.807) is 36.3 Å². The molecule has 0 aliphatic heterocycles. The standard InChI is InChI=1S/C13H13N3O/c1-15(12-8-4-2-5-9-12)14-16(17)13-10-6-3-7-11-13/h2-11H,1H3/b16-14-. The first-order chi connectivity index (χ1) is 8.27. The van der Waals surface area contributed by atoms with Crippen LogP contribution in [0.1, 0.15) is 0 Å². The van der Waals surface area contributed by atoms with Gasteiger partial charge in [0.15, 0.2) is 5.69 Å². The summed E-state index contributed by atoms with van der Waals surface area (Å²) in [6.07, 6.45) is 0. The van der Waals surface area contributed by atoms with Gasteiger partial charge in [-0.3, -0.25) is 0 Å². The average molecular weight is 227 g/mol. The lowest BCUT2D eigenvalue weighted by atomic mass is 10.3. The summed E-state index contributed by atoms with van der Waals surface area (Å²) in [6, 6.07) is 18.4. The molecule has 4 nitrogen and oxygen atoms in total. The first kappa shape index (κ1) is 11.1. The molecule has 2 rings (SSSR count). The molecule has 0 atom stereocenters. The Morgan fingerprint density at radius 1 is 0.941 bits per heavy atom. The summed E-state index contributed by atoms with van der Waals surface area (Å²) in [7, 11) is 1.74. The van der Waals surface area contributed by atoms with E-state index in [-0.39, 0.29) is 0 Å². The van der Waals surface area contributed by atoms with Crippen LogP contribution in [0.3, 0.4) is 0 Å². The van der Waals surface area contributed by atoms with Crippen molar-refractivity contribution in [3.8, 4) is 0 Å². The van der Waals surface area contributed by atoms with Crippen LogP contribution in [0, 0.1) is 5.21 Å². The van der Waals surface area contributed by atoms with Gasteiger partial charge in [0, 0.05) is 0 Å². The molecule has 0 bridgehead atoms. The lowest BCUT2D eigenvalue weighted by molar-refractivity contribution is -0.443. The maximum absolute atomic E-state index is 11.7. The molecule has 0 unspecified atom stereocenters. The van der Waals surface area contributed by atoms with Crippen molar-refractivity contribution < 1.29 is 4.86 Å². The van der Waals surface area contributed by atoms with Crippen LogP contribution in [-0.4, -0.2) is 11.9 Å². The minimum absolute atomic E-state index is 0.510. The van der Waals surface area contributed by atoms with Gasteiger partial charge in [-0.1, -0.05) is 36.4 Å². The van der Waals surface area contributed by atoms with Crippen LogP contribution in [0.15, 0.2) is 65.9 Å². The van der Waals surface area contributed by atoms with Crippen LogP contribution < -0.4 is 5.01 Å². The third kappa shape index (κ3) is 2.81. The molecule has 4 heteroatoms. The SMILES string of the molecule is CN(/N=[N+](\[O-])c1ccccc1)c1ccccc1. The largest absolute Gasteiger partial charge is 0.691 e. The first-order valence-corrected chi connectivity index (χ1v) is 5.30. The lowest BCUT2D eigenvalue weighted by Gasteiger charge is -2.09. The van der Waals surface area contributed by atoms with Crippen LogP contribution in [0.4, 0.5) is 11.4 Å². The second kappa shape index (κ2) is 5.12. The second-order valence-electron chi connectivity index (χ2n) is 3.56. The molecule has 0 amide bonds. The monoisotopic (exact) mass is 227 g/mol. The van der Waals surface area contributed by atoms with Gasteiger partial charge < -0.3 is 5.21 Å². The fourth-order valence-electron chi connectivity index (χ4n) is 1.42. The number of hydrogen-bond acceptors (Lipinski definition) is 2. The van der Waals surface area contributed by atoms with Crippen molar-refractivity contribution in [3.63, 3.8) is 0 Å². The van der Waals surface area contributed by atoms with E-state index in [0.29, 0.717) is 10.5 Å². The molecule has 0 aliphatic carbocycles. The number of para-hydroxylation sites is 2. The first-order valence-electron chi connectivity index (χ1n) is 5.30. The molecule has 0 aliphatic rings. The van der Waals surface area contributed by atoms with Crippen molar-refractivity contribution in [2.45, 2.75) is 0 Å². The molecule has 0 N–H and O–H groups in total. The Kier molecular flexibility index (Phi) is 3.35. The van der Waals surface area contributed by atoms with E-state index in [0.717, 1.165) is 5.69 Å². The van der Waals surface area contributed by atoms with Gasteiger partial charge >= 0.3 is 0 Å². The molecule has 86 valence electrons. The van der Waals surface area contributed by atoms with Gasteiger partial charge in [-0.25, -0.2) is 0 Å². The van der Waals surface area contributed by atoms with Crippen molar-refractivity contribution in [1.82, 2.24) is 0 Å². The van der Waals surface area contributed by atoms with E-state index >= 15 is 0 Å². The van der Waals surface area contributed by atoms with E-state index in [4.69, 9.17) is 0 Å². The predicted octanol–water partition coefficient (Wildman–Crippen LogP) is 3.33. The second-order valence-corrected chi connectivity index (χ2v) is 3.56. The van der Waals surface area contributed by atoms with Crippen molar-refractivity contribution in [3.05, 3.63) is 65.9 Å². The molecule has 0 spiro atoms. The van der Waals surface area contributed by atoms with Gasteiger partial charge in [0.05, 0.1) is 5.22 Å². The van der Waals surface area contributed by atoms with Crippen LogP contribution in [0.25, 0.3) is 0 Å². The highest BCUT2D eigenvalue weighted by molar-refractivity contribution is 5.43. The molecule has 2 aromatic rings. The van der Waals surface area contributed by atoms with Gasteiger partial charge in [-0.15, -0.1) is 9.87 Å². The van der Waals surface area contributed by atoms with E-state index < -0.39 is 0 Å². The van der Waals surface area contributed by atoms with Crippen LogP contribution in [-0.2, 0) is 0 Å². The quantitative estimate of drug-likeness (QED) is 0.458. The van der Waals surface area contributed by atoms with Gasteiger partial charge in [0.2, 0.25) is 0 Å². The van der Waals surface area contributed by atoms with Crippen LogP contribution >= 0.6 is 0 Å². The van der Waals surface area contributed by atoms with Gasteiger partial charge in [-0.05, 0) is 24.3 Å². The third-order valence-electron chi connectivity index (χ3n) is 2.32. The maximum Gasteiger partial charge on any atom is 0.154 e. The van der Waals surface area contributed by atoms with Crippen LogP contribution in [0.2, 0.25) is 0 Å². The topological polar surface area (TPSA) is 41.7 Å². The average Bonchev–Trinajstić information content (AvgIpc) is 2.40. The number of hydrogen-bond donors (Lipinski definition) is 0. The highest BCUT2D eigenvalue weighted by Crippen LogP contribution is 2.14. The van der Waals surface area contributed by atoms with E-state index in [1.165, 1.54) is 0 Å². The summed E-state index contributed by atoms with van der Waals surface area (Å²) in [6.45, 7) is 0. The minimum Gasteiger partial charge on any atom is -0.691 e. The Morgan fingerprint density at radius 2 is 1.47 bits per heavy atom. The van der Waals surface area contributed by atoms with Crippen molar-refractivity contribution in [2.75, 3.05) is 12.1 Å². The Balaban J connectivity index is 2.20. The highest BCUT2D eigenvalue weighted by Gasteiger charge is 2.05. The van der Waals surface area contributed by atoms with Crippen LogP contribution in [0.5, 0.6) is 0 Å². The molecule has 17 heavy (non-hydrogen) atoms. The summed E-state index contributed by atoms with van der Waals surface area (Å²) in [5.74, 6) is 0. The van der Waals surface area contributed by atoms with Gasteiger partial charge in [0.25, 0.3) is 0 Å². The summed E-state index contributed by atoms with van der Waals surface area (Å²) in [4.78, 5) is 0.604. The normalized spacial score (nSPS) is 11.2. The van der Waals surface area contributed by atoms with Gasteiger partial charge in [-0.2, -0.15) is 0 Å². The number of anilines is 1. The Labute approximate surface area is 100.0 Å². The number of nitrogens with zero attached hydrogens (tertiary/aromatic N) is 3. The van der Waals surface area contributed by atoms with Crippen molar-refractivity contribution in [2.24, 2.45) is 5.22 Å².